The van der Waals surface area contributed by atoms with Crippen LogP contribution in [-0.4, -0.2) is 25.6 Å². The largest absolute Gasteiger partial charge is 0.496 e. The van der Waals surface area contributed by atoms with Crippen LogP contribution in [0.5, 0.6) is 5.75 Å². The van der Waals surface area contributed by atoms with Gasteiger partial charge in [0.05, 0.1) is 11.6 Å². The number of halogens is 1. The zero-order valence-electron chi connectivity index (χ0n) is 11.4. The van der Waals surface area contributed by atoms with E-state index in [4.69, 9.17) is 10.5 Å². The van der Waals surface area contributed by atoms with Gasteiger partial charge in [-0.3, -0.25) is 4.79 Å². The Morgan fingerprint density at radius 3 is 2.84 bits per heavy atom. The Balaban J connectivity index is 2.33. The van der Waals surface area contributed by atoms with Crippen molar-refractivity contribution in [2.24, 2.45) is 5.73 Å². The van der Waals surface area contributed by atoms with Crippen LogP contribution in [0.25, 0.3) is 0 Å². The van der Waals surface area contributed by atoms with Crippen molar-refractivity contribution in [3.8, 4) is 5.75 Å². The number of nitrogens with two attached hydrogens (primary N) is 1. The van der Waals surface area contributed by atoms with Gasteiger partial charge in [0.15, 0.2) is 0 Å². The number of ether oxygens (including phenoxy) is 1. The molecule has 0 spiro atoms. The molecule has 0 bridgehead atoms. The van der Waals surface area contributed by atoms with Crippen molar-refractivity contribution in [2.75, 3.05) is 13.7 Å². The van der Waals surface area contributed by atoms with Gasteiger partial charge in [0.25, 0.3) is 0 Å². The Labute approximate surface area is 122 Å². The van der Waals surface area contributed by atoms with Crippen molar-refractivity contribution in [2.45, 2.75) is 32.2 Å². The number of nitrogens with one attached hydrogen (secondary N) is 1. The van der Waals surface area contributed by atoms with Gasteiger partial charge in [0.1, 0.15) is 5.75 Å². The van der Waals surface area contributed by atoms with Gasteiger partial charge in [0, 0.05) is 19.0 Å². The molecular weight excluding hydrogens is 308 g/mol. The van der Waals surface area contributed by atoms with Gasteiger partial charge in [-0.1, -0.05) is 6.07 Å². The minimum absolute atomic E-state index is 0.0601. The summed E-state index contributed by atoms with van der Waals surface area (Å²) >= 11 is 3.44. The molecule has 1 unspecified atom stereocenters. The number of hydrogen-bond acceptors (Lipinski definition) is 3. The number of carbonyl (C=O) groups is 1. The van der Waals surface area contributed by atoms with E-state index in [1.54, 1.807) is 7.11 Å². The average molecular weight is 329 g/mol. The molecule has 0 aliphatic rings. The minimum Gasteiger partial charge on any atom is -0.496 e. The van der Waals surface area contributed by atoms with Crippen LogP contribution in [0.2, 0.25) is 0 Å². The van der Waals surface area contributed by atoms with E-state index in [0.29, 0.717) is 13.0 Å². The van der Waals surface area contributed by atoms with E-state index in [2.05, 4.69) is 21.2 Å². The maximum absolute atomic E-state index is 11.5. The highest BCUT2D eigenvalue weighted by Gasteiger charge is 2.04. The summed E-state index contributed by atoms with van der Waals surface area (Å²) in [4.78, 5) is 11.5. The van der Waals surface area contributed by atoms with Crippen LogP contribution in [0.3, 0.4) is 0 Å². The van der Waals surface area contributed by atoms with Gasteiger partial charge in [-0.25, -0.2) is 0 Å². The Hall–Kier alpha value is -1.07. The molecule has 0 heterocycles. The lowest BCUT2D eigenvalue weighted by molar-refractivity contribution is -0.121. The minimum atomic E-state index is 0.0601. The molecule has 0 aromatic heterocycles. The van der Waals surface area contributed by atoms with Gasteiger partial charge < -0.3 is 15.8 Å². The number of carbonyl (C=O) groups excluding carboxylic acids is 1. The van der Waals surface area contributed by atoms with Gasteiger partial charge >= 0.3 is 0 Å². The van der Waals surface area contributed by atoms with Crippen molar-refractivity contribution in [1.29, 1.82) is 0 Å². The van der Waals surface area contributed by atoms with Gasteiger partial charge in [-0.05, 0) is 53.4 Å². The quantitative estimate of drug-likeness (QED) is 0.806. The number of benzene rings is 1. The normalized spacial score (nSPS) is 12.0. The van der Waals surface area contributed by atoms with E-state index < -0.39 is 0 Å². The second-order valence-electron chi connectivity index (χ2n) is 4.58. The lowest BCUT2D eigenvalue weighted by Crippen LogP contribution is -2.27. The molecule has 1 rings (SSSR count). The van der Waals surface area contributed by atoms with E-state index >= 15 is 0 Å². The predicted octanol–water partition coefficient (Wildman–Crippen LogP) is 2.24. The van der Waals surface area contributed by atoms with Crippen LogP contribution in [0, 0.1) is 0 Å². The fourth-order valence-corrected chi connectivity index (χ4v) is 2.25. The Bertz CT molecular complexity index is 422. The number of rotatable bonds is 7. The van der Waals surface area contributed by atoms with Crippen LogP contribution in [0.15, 0.2) is 22.7 Å². The third-order valence-electron chi connectivity index (χ3n) is 2.78. The topological polar surface area (TPSA) is 64.3 Å². The van der Waals surface area contributed by atoms with E-state index in [-0.39, 0.29) is 11.9 Å². The number of hydrogen-bond donors (Lipinski definition) is 2. The van der Waals surface area contributed by atoms with Crippen LogP contribution in [-0.2, 0) is 11.2 Å². The van der Waals surface area contributed by atoms with Crippen LogP contribution in [0.1, 0.15) is 25.3 Å². The zero-order valence-corrected chi connectivity index (χ0v) is 13.0. The van der Waals surface area contributed by atoms with Crippen molar-refractivity contribution in [3.05, 3.63) is 28.2 Å². The zero-order chi connectivity index (χ0) is 14.3. The fourth-order valence-electron chi connectivity index (χ4n) is 1.66. The molecule has 0 saturated carbocycles. The van der Waals surface area contributed by atoms with Crippen LogP contribution < -0.4 is 15.8 Å². The predicted molar refractivity (Wildman–Crippen MR) is 80.3 cm³/mol. The summed E-state index contributed by atoms with van der Waals surface area (Å²) in [5.74, 6) is 0.870. The Morgan fingerprint density at radius 1 is 1.53 bits per heavy atom. The molecule has 1 aromatic carbocycles. The summed E-state index contributed by atoms with van der Waals surface area (Å²) in [6.45, 7) is 2.54. The molecule has 19 heavy (non-hydrogen) atoms. The van der Waals surface area contributed by atoms with E-state index in [0.717, 1.165) is 28.6 Å². The molecule has 0 radical (unpaired) electrons. The molecular formula is C14H21BrN2O2. The SMILES string of the molecule is COc1ccc(CCNC(=O)CCC(C)N)cc1Br. The Kier molecular flexibility index (Phi) is 6.87. The van der Waals surface area contributed by atoms with E-state index in [9.17, 15) is 4.79 Å². The lowest BCUT2D eigenvalue weighted by atomic mass is 10.1. The Morgan fingerprint density at radius 2 is 2.26 bits per heavy atom. The maximum Gasteiger partial charge on any atom is 0.220 e. The van der Waals surface area contributed by atoms with Crippen LogP contribution >= 0.6 is 15.9 Å². The molecule has 1 amide bonds. The monoisotopic (exact) mass is 328 g/mol. The summed E-state index contributed by atoms with van der Waals surface area (Å²) < 4.78 is 6.10. The lowest BCUT2D eigenvalue weighted by Gasteiger charge is -2.08. The average Bonchev–Trinajstić information content (AvgIpc) is 2.36. The van der Waals surface area contributed by atoms with Crippen molar-refractivity contribution >= 4 is 21.8 Å². The molecule has 106 valence electrons. The molecule has 0 saturated heterocycles. The molecule has 4 nitrogen and oxygen atoms in total. The maximum atomic E-state index is 11.5. The smallest absolute Gasteiger partial charge is 0.220 e. The summed E-state index contributed by atoms with van der Waals surface area (Å²) in [6.07, 6.45) is 2.01. The van der Waals surface area contributed by atoms with Gasteiger partial charge in [-0.2, -0.15) is 0 Å². The second-order valence-corrected chi connectivity index (χ2v) is 5.44. The number of methoxy groups -OCH3 is 1. The highest BCUT2D eigenvalue weighted by molar-refractivity contribution is 9.10. The molecule has 3 N–H and O–H groups in total. The fraction of sp³-hybridized carbons (Fsp3) is 0.500. The molecule has 0 fully saturated rings. The van der Waals surface area contributed by atoms with Crippen molar-refractivity contribution in [3.63, 3.8) is 0 Å². The third kappa shape index (κ3) is 6.07. The third-order valence-corrected chi connectivity index (χ3v) is 3.40. The highest BCUT2D eigenvalue weighted by Crippen LogP contribution is 2.25. The first-order valence-corrected chi connectivity index (χ1v) is 7.17. The molecule has 5 heteroatoms. The molecule has 1 atom stereocenters. The number of amides is 1. The first-order valence-electron chi connectivity index (χ1n) is 6.37. The molecule has 0 aliphatic heterocycles. The van der Waals surface area contributed by atoms with Crippen LogP contribution in [0.4, 0.5) is 0 Å². The summed E-state index contributed by atoms with van der Waals surface area (Å²) in [6, 6.07) is 5.99. The summed E-state index contributed by atoms with van der Waals surface area (Å²) in [7, 11) is 1.64. The van der Waals surface area contributed by atoms with Gasteiger partial charge in [-0.15, -0.1) is 0 Å². The van der Waals surface area contributed by atoms with E-state index in [1.807, 2.05) is 25.1 Å². The first kappa shape index (κ1) is 16.0. The van der Waals surface area contributed by atoms with E-state index in [1.165, 1.54) is 0 Å². The summed E-state index contributed by atoms with van der Waals surface area (Å²) in [5.41, 5.74) is 6.76. The summed E-state index contributed by atoms with van der Waals surface area (Å²) in [5, 5.41) is 2.89. The second kappa shape index (κ2) is 8.17. The first-order chi connectivity index (χ1) is 9.02. The van der Waals surface area contributed by atoms with Crippen molar-refractivity contribution < 1.29 is 9.53 Å². The standard InChI is InChI=1S/C14H21BrN2O2/c1-10(16)3-6-14(18)17-8-7-11-4-5-13(19-2)12(15)9-11/h4-5,9-10H,3,6-8,16H2,1-2H3,(H,17,18). The molecule has 0 aliphatic carbocycles. The van der Waals surface area contributed by atoms with Gasteiger partial charge in [0.2, 0.25) is 5.91 Å². The highest BCUT2D eigenvalue weighted by atomic mass is 79.9. The molecule has 1 aromatic rings. The van der Waals surface area contributed by atoms with Crippen molar-refractivity contribution in [1.82, 2.24) is 5.32 Å².